The first-order valence-corrected chi connectivity index (χ1v) is 9.77. The van der Waals surface area contributed by atoms with E-state index in [4.69, 9.17) is 9.47 Å². The number of amides is 1. The summed E-state index contributed by atoms with van der Waals surface area (Å²) in [6.45, 7) is -0.332. The molecule has 10 heteroatoms. The van der Waals surface area contributed by atoms with E-state index in [2.05, 4.69) is 20.3 Å². The molecule has 6 rings (SSSR count). The van der Waals surface area contributed by atoms with Gasteiger partial charge in [0.15, 0.2) is 28.8 Å². The third-order valence-electron chi connectivity index (χ3n) is 6.37. The van der Waals surface area contributed by atoms with E-state index in [0.717, 1.165) is 12.8 Å². The van der Waals surface area contributed by atoms with Gasteiger partial charge in [0.25, 0.3) is 5.91 Å². The van der Waals surface area contributed by atoms with Crippen molar-refractivity contribution >= 4 is 22.9 Å². The van der Waals surface area contributed by atoms with Gasteiger partial charge in [0, 0.05) is 5.56 Å². The number of imidazole rings is 1. The number of benzene rings is 1. The third-order valence-corrected chi connectivity index (χ3v) is 6.37. The Labute approximate surface area is 170 Å². The zero-order chi connectivity index (χ0) is 20.5. The summed E-state index contributed by atoms with van der Waals surface area (Å²) in [7, 11) is 0. The molecule has 30 heavy (non-hydrogen) atoms. The summed E-state index contributed by atoms with van der Waals surface area (Å²) in [6, 6.07) is 8.80. The van der Waals surface area contributed by atoms with Crippen molar-refractivity contribution in [1.29, 1.82) is 0 Å². The molecule has 3 N–H and O–H groups in total. The van der Waals surface area contributed by atoms with Crippen molar-refractivity contribution in [3.8, 4) is 0 Å². The molecule has 2 bridgehead atoms. The number of hydrogen-bond donors (Lipinski definition) is 3. The molecule has 2 aliphatic heterocycles. The summed E-state index contributed by atoms with van der Waals surface area (Å²) in [6.07, 6.45) is 2.04. The quantitative estimate of drug-likeness (QED) is 0.572. The van der Waals surface area contributed by atoms with Crippen molar-refractivity contribution in [2.24, 2.45) is 0 Å². The van der Waals surface area contributed by atoms with E-state index in [0.29, 0.717) is 16.7 Å². The summed E-state index contributed by atoms with van der Waals surface area (Å²) in [5.74, 6) is -0.0391. The lowest BCUT2D eigenvalue weighted by Gasteiger charge is -2.36. The van der Waals surface area contributed by atoms with Gasteiger partial charge in [-0.1, -0.05) is 18.2 Å². The molecule has 4 heterocycles. The Balaban J connectivity index is 1.34. The lowest BCUT2D eigenvalue weighted by atomic mass is 9.91. The molecule has 154 valence electrons. The monoisotopic (exact) mass is 409 g/mol. The van der Waals surface area contributed by atoms with Crippen LogP contribution in [0.2, 0.25) is 0 Å². The summed E-state index contributed by atoms with van der Waals surface area (Å²) < 4.78 is 13.9. The fourth-order valence-corrected chi connectivity index (χ4v) is 4.68. The zero-order valence-electron chi connectivity index (χ0n) is 15.8. The number of aromatic nitrogens is 4. The average Bonchev–Trinajstić information content (AvgIpc) is 3.23. The molecular formula is C20H19N5O5. The van der Waals surface area contributed by atoms with E-state index in [1.807, 2.05) is 6.07 Å². The number of nitrogens with zero attached hydrogens (tertiary/aromatic N) is 4. The van der Waals surface area contributed by atoms with Gasteiger partial charge in [-0.2, -0.15) is 0 Å². The summed E-state index contributed by atoms with van der Waals surface area (Å²) in [5, 5.41) is 23.5. The van der Waals surface area contributed by atoms with E-state index in [-0.39, 0.29) is 18.3 Å². The highest BCUT2D eigenvalue weighted by Gasteiger charge is 2.78. The maximum Gasteiger partial charge on any atom is 0.256 e. The number of carbonyl (C=O) groups is 1. The van der Waals surface area contributed by atoms with Gasteiger partial charge >= 0.3 is 0 Å². The largest absolute Gasteiger partial charge is 0.393 e. The molecule has 1 unspecified atom stereocenters. The van der Waals surface area contributed by atoms with Gasteiger partial charge in [0.1, 0.15) is 24.1 Å². The van der Waals surface area contributed by atoms with Gasteiger partial charge in [0.05, 0.1) is 12.9 Å². The fraction of sp³-hybridized carbons (Fsp3) is 0.400. The minimum atomic E-state index is -1.14. The standard InChI is InChI=1S/C20H19N5O5/c26-8-20-14(27)13(29-19(20)6-7-19)18(30-20)25-10-23-12-15(21-9-22-16(12)25)24-17(28)11-4-2-1-3-5-11/h1-5,9-10,13-14,18,26-27H,6-8H2,(H,21,22,24,28)/t13-,14?,18+,20+/m0/s1. The van der Waals surface area contributed by atoms with Crippen LogP contribution in [0.1, 0.15) is 29.4 Å². The number of hydrogen-bond acceptors (Lipinski definition) is 8. The SMILES string of the molecule is O=C(Nc1ncnc2c1ncn2[C@@H]1O[C@]2(CO)C(O)[C@@H]1OC21CC1)c1ccccc1. The van der Waals surface area contributed by atoms with Gasteiger partial charge in [-0.3, -0.25) is 9.36 Å². The van der Waals surface area contributed by atoms with Crippen LogP contribution >= 0.6 is 0 Å². The highest BCUT2D eigenvalue weighted by Crippen LogP contribution is 2.64. The van der Waals surface area contributed by atoms with Crippen molar-refractivity contribution < 1.29 is 24.5 Å². The minimum absolute atomic E-state index is 0.271. The molecule has 1 spiro atoms. The molecule has 10 nitrogen and oxygen atoms in total. The van der Waals surface area contributed by atoms with E-state index < -0.39 is 29.6 Å². The first-order valence-electron chi connectivity index (χ1n) is 9.77. The normalized spacial score (nSPS) is 30.8. The summed E-state index contributed by atoms with van der Waals surface area (Å²) in [5.41, 5.74) is -0.434. The van der Waals surface area contributed by atoms with Crippen LogP contribution in [0.4, 0.5) is 5.82 Å². The Bertz CT molecular complexity index is 1150. The van der Waals surface area contributed by atoms with Crippen LogP contribution in [0.25, 0.3) is 11.2 Å². The molecule has 1 aliphatic carbocycles. The van der Waals surface area contributed by atoms with Crippen LogP contribution in [-0.4, -0.2) is 65.7 Å². The molecule has 3 aliphatic rings. The maximum absolute atomic E-state index is 12.5. The molecule has 4 atom stereocenters. The van der Waals surface area contributed by atoms with Crippen LogP contribution in [0.3, 0.4) is 0 Å². The third kappa shape index (κ3) is 2.21. The maximum atomic E-state index is 12.5. The first-order chi connectivity index (χ1) is 14.6. The average molecular weight is 409 g/mol. The summed E-state index contributed by atoms with van der Waals surface area (Å²) >= 11 is 0. The van der Waals surface area contributed by atoms with Crippen molar-refractivity contribution in [3.63, 3.8) is 0 Å². The van der Waals surface area contributed by atoms with Crippen molar-refractivity contribution in [2.45, 2.75) is 42.5 Å². The predicted octanol–water partition coefficient (Wildman–Crippen LogP) is 0.631. The van der Waals surface area contributed by atoms with Gasteiger partial charge in [-0.05, 0) is 25.0 Å². The fourth-order valence-electron chi connectivity index (χ4n) is 4.68. The van der Waals surface area contributed by atoms with E-state index in [9.17, 15) is 15.0 Å². The second kappa shape index (κ2) is 6.05. The van der Waals surface area contributed by atoms with Crippen LogP contribution in [0, 0.1) is 0 Å². The highest BCUT2D eigenvalue weighted by atomic mass is 16.7. The molecular weight excluding hydrogens is 390 g/mol. The van der Waals surface area contributed by atoms with Crippen molar-refractivity contribution in [3.05, 3.63) is 48.5 Å². The molecule has 1 amide bonds. The molecule has 1 aromatic carbocycles. The first kappa shape index (κ1) is 17.9. The Kier molecular flexibility index (Phi) is 3.61. The van der Waals surface area contributed by atoms with Gasteiger partial charge in [0.2, 0.25) is 0 Å². The van der Waals surface area contributed by atoms with Crippen LogP contribution in [-0.2, 0) is 9.47 Å². The number of aliphatic hydroxyl groups is 2. The van der Waals surface area contributed by atoms with Gasteiger partial charge in [-0.15, -0.1) is 0 Å². The second-order valence-corrected chi connectivity index (χ2v) is 7.94. The number of rotatable bonds is 4. The minimum Gasteiger partial charge on any atom is -0.393 e. The number of anilines is 1. The second-order valence-electron chi connectivity index (χ2n) is 7.94. The zero-order valence-corrected chi connectivity index (χ0v) is 15.8. The lowest BCUT2D eigenvalue weighted by molar-refractivity contribution is -0.233. The van der Waals surface area contributed by atoms with Gasteiger partial charge < -0.3 is 25.0 Å². The van der Waals surface area contributed by atoms with Gasteiger partial charge in [-0.25, -0.2) is 15.0 Å². The number of aliphatic hydroxyl groups excluding tert-OH is 2. The lowest BCUT2D eigenvalue weighted by Crippen LogP contribution is -2.52. The molecule has 3 aromatic rings. The van der Waals surface area contributed by atoms with Crippen LogP contribution in [0.15, 0.2) is 43.0 Å². The Morgan fingerprint density at radius 2 is 2.00 bits per heavy atom. The predicted molar refractivity (Wildman–Crippen MR) is 103 cm³/mol. The number of nitrogens with one attached hydrogen (secondary N) is 1. The van der Waals surface area contributed by atoms with Crippen molar-refractivity contribution in [2.75, 3.05) is 11.9 Å². The number of fused-ring (bicyclic) bond motifs is 4. The van der Waals surface area contributed by atoms with Crippen LogP contribution in [0.5, 0.6) is 0 Å². The van der Waals surface area contributed by atoms with E-state index >= 15 is 0 Å². The Morgan fingerprint density at radius 3 is 2.73 bits per heavy atom. The molecule has 2 aromatic heterocycles. The molecule has 2 saturated heterocycles. The molecule has 0 radical (unpaired) electrons. The molecule has 3 fully saturated rings. The topological polar surface area (TPSA) is 132 Å². The number of carbonyl (C=O) groups excluding carboxylic acids is 1. The van der Waals surface area contributed by atoms with Crippen molar-refractivity contribution in [1.82, 2.24) is 19.5 Å². The number of ether oxygens (including phenoxy) is 2. The Hall–Kier alpha value is -2.92. The van der Waals surface area contributed by atoms with E-state index in [1.165, 1.54) is 12.7 Å². The van der Waals surface area contributed by atoms with Crippen LogP contribution < -0.4 is 5.32 Å². The molecule has 1 saturated carbocycles. The summed E-state index contributed by atoms with van der Waals surface area (Å²) in [4.78, 5) is 25.3. The van der Waals surface area contributed by atoms with E-state index in [1.54, 1.807) is 28.8 Å². The highest BCUT2D eigenvalue weighted by molar-refractivity contribution is 6.06. The smallest absolute Gasteiger partial charge is 0.256 e. The Morgan fingerprint density at radius 1 is 1.20 bits per heavy atom.